The molecule has 0 saturated carbocycles. The van der Waals surface area contributed by atoms with Gasteiger partial charge in [-0.3, -0.25) is 9.46 Å². The zero-order chi connectivity index (χ0) is 14.4. The van der Waals surface area contributed by atoms with Crippen molar-refractivity contribution < 1.29 is 14.2 Å². The summed E-state index contributed by atoms with van der Waals surface area (Å²) in [5, 5.41) is 0. The molecule has 0 spiro atoms. The van der Waals surface area contributed by atoms with Crippen LogP contribution in [-0.2, 0) is 9.30 Å². The lowest BCUT2D eigenvalue weighted by molar-refractivity contribution is 0.0454. The summed E-state index contributed by atoms with van der Waals surface area (Å²) in [5.41, 5.74) is 0. The van der Waals surface area contributed by atoms with Crippen molar-refractivity contribution in [3.63, 3.8) is 0 Å². The van der Waals surface area contributed by atoms with Crippen molar-refractivity contribution >= 4 is 15.4 Å². The lowest BCUT2D eigenvalue weighted by Crippen LogP contribution is -2.37. The van der Waals surface area contributed by atoms with Crippen molar-refractivity contribution in [2.24, 2.45) is 0 Å². The molecule has 1 saturated heterocycles. The van der Waals surface area contributed by atoms with Crippen LogP contribution < -0.4 is 0 Å². The Balaban J connectivity index is 2.46. The van der Waals surface area contributed by atoms with Crippen LogP contribution in [0, 0.1) is 0 Å². The van der Waals surface area contributed by atoms with Gasteiger partial charge in [-0.1, -0.05) is 38.9 Å². The zero-order valence-corrected chi connectivity index (χ0v) is 14.6. The van der Waals surface area contributed by atoms with Gasteiger partial charge in [0.25, 0.3) is 0 Å². The number of hydrogen-bond acceptors (Lipinski definition) is 3. The molecule has 1 aliphatic rings. The highest BCUT2D eigenvalue weighted by atomic mass is 31.2. The minimum atomic E-state index is -2.99. The van der Waals surface area contributed by atoms with E-state index in [0.29, 0.717) is 25.7 Å². The Kier molecular flexibility index (Phi) is 7.26. The fourth-order valence-electron chi connectivity index (χ4n) is 2.82. The maximum atomic E-state index is 12.4. The maximum Gasteiger partial charge on any atom is 0.213 e. The highest BCUT2D eigenvalue weighted by molar-refractivity contribution is 7.58. The van der Waals surface area contributed by atoms with Gasteiger partial charge in [-0.25, -0.2) is 0 Å². The van der Waals surface area contributed by atoms with E-state index >= 15 is 0 Å². The summed E-state index contributed by atoms with van der Waals surface area (Å²) in [4.78, 5) is 12.3. The van der Waals surface area contributed by atoms with Gasteiger partial charge in [-0.15, -0.1) is 0 Å². The Morgan fingerprint density at radius 2 is 1.68 bits per heavy atom. The fraction of sp³-hybridized carbons (Fsp3) is 1.00. The monoisotopic (exact) mass is 307 g/mol. The first-order valence-corrected chi connectivity index (χ1v) is 12.4. The summed E-state index contributed by atoms with van der Waals surface area (Å²) in [5.74, 6) is 0. The molecule has 0 aromatic carbocycles. The molecule has 1 heterocycles. The SMILES string of the molecule is CC[Si](CC)(CC)CCP(=O)(O)CN1CCOCC1. The second-order valence-electron chi connectivity index (χ2n) is 5.75. The smallest absolute Gasteiger partial charge is 0.213 e. The minimum absolute atomic E-state index is 0.359. The van der Waals surface area contributed by atoms with Crippen LogP contribution in [0.4, 0.5) is 0 Å². The molecule has 114 valence electrons. The maximum absolute atomic E-state index is 12.4. The van der Waals surface area contributed by atoms with Gasteiger partial charge in [0.1, 0.15) is 0 Å². The number of morpholine rings is 1. The lowest BCUT2D eigenvalue weighted by atomic mass is 10.5. The van der Waals surface area contributed by atoms with Gasteiger partial charge in [0, 0.05) is 19.3 Å². The Morgan fingerprint density at radius 3 is 2.16 bits per heavy atom. The Labute approximate surface area is 119 Å². The second kappa shape index (κ2) is 7.94. The molecule has 1 rings (SSSR count). The van der Waals surface area contributed by atoms with Crippen LogP contribution in [0.15, 0.2) is 0 Å². The first-order valence-electron chi connectivity index (χ1n) is 7.58. The van der Waals surface area contributed by atoms with E-state index in [1.54, 1.807) is 0 Å². The van der Waals surface area contributed by atoms with Crippen LogP contribution in [-0.4, -0.2) is 56.6 Å². The third kappa shape index (κ3) is 5.68. The molecule has 1 aliphatic heterocycles. The van der Waals surface area contributed by atoms with Crippen LogP contribution >= 0.6 is 7.37 Å². The molecule has 0 aromatic rings. The van der Waals surface area contributed by atoms with Gasteiger partial charge in [0.05, 0.1) is 27.6 Å². The van der Waals surface area contributed by atoms with E-state index in [2.05, 4.69) is 25.7 Å². The molecule has 0 aliphatic carbocycles. The number of ether oxygens (including phenoxy) is 1. The van der Waals surface area contributed by atoms with E-state index in [1.807, 2.05) is 0 Å². The van der Waals surface area contributed by atoms with Gasteiger partial charge >= 0.3 is 0 Å². The number of rotatable bonds is 8. The molecule has 6 heteroatoms. The Morgan fingerprint density at radius 1 is 1.16 bits per heavy atom. The third-order valence-electron chi connectivity index (χ3n) is 4.77. The summed E-state index contributed by atoms with van der Waals surface area (Å²) in [6.07, 6.45) is 0.879. The standard InChI is InChI=1S/C13H30NO3PSi/c1-4-19(5-2,6-3)12-11-18(15,16)13-14-7-9-17-10-8-14/h4-13H2,1-3H3,(H,15,16). The molecule has 1 N–H and O–H groups in total. The van der Waals surface area contributed by atoms with Crippen LogP contribution in [0.1, 0.15) is 20.8 Å². The normalized spacial score (nSPS) is 21.3. The molecule has 4 nitrogen and oxygen atoms in total. The van der Waals surface area contributed by atoms with Gasteiger partial charge in [0.15, 0.2) is 0 Å². The van der Waals surface area contributed by atoms with Gasteiger partial charge in [-0.2, -0.15) is 0 Å². The van der Waals surface area contributed by atoms with E-state index in [-0.39, 0.29) is 0 Å². The average Bonchev–Trinajstić information content (AvgIpc) is 2.41. The predicted octanol–water partition coefficient (Wildman–Crippen LogP) is 3.06. The lowest BCUT2D eigenvalue weighted by Gasteiger charge is -2.31. The van der Waals surface area contributed by atoms with Crippen molar-refractivity contribution in [2.45, 2.75) is 44.9 Å². The molecule has 0 amide bonds. The van der Waals surface area contributed by atoms with E-state index in [0.717, 1.165) is 19.1 Å². The highest BCUT2D eigenvalue weighted by Crippen LogP contribution is 2.44. The predicted molar refractivity (Wildman–Crippen MR) is 84.0 cm³/mol. The molecule has 19 heavy (non-hydrogen) atoms. The van der Waals surface area contributed by atoms with E-state index in [1.165, 1.54) is 18.1 Å². The van der Waals surface area contributed by atoms with Crippen LogP contribution in [0.5, 0.6) is 0 Å². The molecule has 0 bridgehead atoms. The van der Waals surface area contributed by atoms with E-state index in [9.17, 15) is 9.46 Å². The summed E-state index contributed by atoms with van der Waals surface area (Å²) < 4.78 is 17.6. The molecule has 1 fully saturated rings. The van der Waals surface area contributed by atoms with Crippen LogP contribution in [0.25, 0.3) is 0 Å². The van der Waals surface area contributed by atoms with Crippen molar-refractivity contribution in [1.29, 1.82) is 0 Å². The van der Waals surface area contributed by atoms with Gasteiger partial charge < -0.3 is 9.63 Å². The van der Waals surface area contributed by atoms with E-state index in [4.69, 9.17) is 4.74 Å². The zero-order valence-electron chi connectivity index (χ0n) is 12.7. The van der Waals surface area contributed by atoms with E-state index < -0.39 is 15.4 Å². The topological polar surface area (TPSA) is 49.8 Å². The molecule has 1 unspecified atom stereocenters. The Hall–Kier alpha value is 0.327. The average molecular weight is 307 g/mol. The van der Waals surface area contributed by atoms with Crippen LogP contribution in [0.3, 0.4) is 0 Å². The molecule has 1 atom stereocenters. The largest absolute Gasteiger partial charge is 0.379 e. The van der Waals surface area contributed by atoms with Gasteiger partial charge in [0.2, 0.25) is 7.37 Å². The molecular formula is C13H30NO3PSi. The fourth-order valence-corrected chi connectivity index (χ4v) is 9.72. The molecular weight excluding hydrogens is 277 g/mol. The first kappa shape index (κ1) is 17.4. The second-order valence-corrected chi connectivity index (χ2v) is 13.8. The third-order valence-corrected chi connectivity index (χ3v) is 12.8. The van der Waals surface area contributed by atoms with Gasteiger partial charge in [-0.05, 0) is 6.04 Å². The summed E-state index contributed by atoms with van der Waals surface area (Å²) in [6, 6.07) is 4.71. The van der Waals surface area contributed by atoms with Crippen LogP contribution in [0.2, 0.25) is 24.2 Å². The minimum Gasteiger partial charge on any atom is -0.379 e. The first-order chi connectivity index (χ1) is 8.97. The quantitative estimate of drug-likeness (QED) is 0.553. The summed E-state index contributed by atoms with van der Waals surface area (Å²) in [7, 11) is -4.26. The van der Waals surface area contributed by atoms with Crippen molar-refractivity contribution in [2.75, 3.05) is 38.8 Å². The highest BCUT2D eigenvalue weighted by Gasteiger charge is 2.31. The molecule has 0 radical (unpaired) electrons. The summed E-state index contributed by atoms with van der Waals surface area (Å²) >= 11 is 0. The van der Waals surface area contributed by atoms with Crippen molar-refractivity contribution in [3.8, 4) is 0 Å². The Bertz CT molecular complexity index is 296. The number of nitrogens with zero attached hydrogens (tertiary/aromatic N) is 1. The van der Waals surface area contributed by atoms with Crippen molar-refractivity contribution in [3.05, 3.63) is 0 Å². The molecule has 0 aromatic heterocycles. The van der Waals surface area contributed by atoms with Crippen molar-refractivity contribution in [1.82, 2.24) is 4.90 Å². The number of hydrogen-bond donors (Lipinski definition) is 1. The summed E-state index contributed by atoms with van der Waals surface area (Å²) in [6.45, 7) is 9.73.